The van der Waals surface area contributed by atoms with Gasteiger partial charge in [0, 0.05) is 17.6 Å². The zero-order chi connectivity index (χ0) is 16.5. The lowest BCUT2D eigenvalue weighted by molar-refractivity contribution is 0.00716. The summed E-state index contributed by atoms with van der Waals surface area (Å²) in [6.07, 6.45) is 3.43. The van der Waals surface area contributed by atoms with Crippen LogP contribution in [-0.4, -0.2) is 41.3 Å². The first-order valence-electron chi connectivity index (χ1n) is 8.10. The van der Waals surface area contributed by atoms with Crippen LogP contribution >= 0.6 is 11.3 Å². The highest BCUT2D eigenvalue weighted by Gasteiger charge is 2.19. The molecule has 0 aliphatic heterocycles. The van der Waals surface area contributed by atoms with Crippen LogP contribution in [0.2, 0.25) is 0 Å². The number of pyridine rings is 1. The number of ether oxygens (including phenoxy) is 1. The molecule has 4 nitrogen and oxygen atoms in total. The first-order chi connectivity index (χ1) is 11.2. The van der Waals surface area contributed by atoms with Crippen molar-refractivity contribution in [2.24, 2.45) is 0 Å². The number of likely N-dealkylation sites (N-methyl/N-ethyl adjacent to an activating group) is 1. The monoisotopic (exact) mass is 334 g/mol. The minimum absolute atomic E-state index is 0.230. The molecule has 23 heavy (non-hydrogen) atoms. The van der Waals surface area contributed by atoms with Gasteiger partial charge >= 0.3 is 0 Å². The van der Waals surface area contributed by atoms with Crippen molar-refractivity contribution in [1.29, 1.82) is 0 Å². The fourth-order valence-electron chi connectivity index (χ4n) is 2.64. The van der Waals surface area contributed by atoms with E-state index in [1.807, 2.05) is 42.9 Å². The molecule has 0 amide bonds. The first kappa shape index (κ1) is 18.1. The molecule has 0 aliphatic rings. The van der Waals surface area contributed by atoms with Crippen LogP contribution in [0.5, 0.6) is 0 Å². The van der Waals surface area contributed by atoms with E-state index in [1.54, 1.807) is 11.3 Å². The first-order valence-corrected chi connectivity index (χ1v) is 8.98. The summed E-state index contributed by atoms with van der Waals surface area (Å²) in [5.41, 5.74) is 1.06. The molecule has 2 atom stereocenters. The number of rotatable bonds is 10. The van der Waals surface area contributed by atoms with Gasteiger partial charge in [0.15, 0.2) is 0 Å². The van der Waals surface area contributed by atoms with Gasteiger partial charge in [-0.3, -0.25) is 9.88 Å². The molecule has 0 fully saturated rings. The molecule has 0 aliphatic carbocycles. The molecule has 2 rings (SSSR count). The predicted octanol–water partition coefficient (Wildman–Crippen LogP) is 3.49. The Morgan fingerprint density at radius 2 is 2.17 bits per heavy atom. The third-order valence-electron chi connectivity index (χ3n) is 3.76. The van der Waals surface area contributed by atoms with E-state index in [9.17, 15) is 5.11 Å². The maximum Gasteiger partial charge on any atom is 0.0900 e. The van der Waals surface area contributed by atoms with Gasteiger partial charge < -0.3 is 9.84 Å². The molecule has 1 N–H and O–H groups in total. The van der Waals surface area contributed by atoms with Crippen molar-refractivity contribution in [1.82, 2.24) is 9.88 Å². The van der Waals surface area contributed by atoms with E-state index < -0.39 is 6.10 Å². The van der Waals surface area contributed by atoms with E-state index in [0.717, 1.165) is 18.5 Å². The molecule has 0 saturated carbocycles. The molecule has 2 aromatic heterocycles. The summed E-state index contributed by atoms with van der Waals surface area (Å²) < 4.78 is 5.60. The number of nitrogens with zero attached hydrogens (tertiary/aromatic N) is 2. The van der Waals surface area contributed by atoms with Gasteiger partial charge in [-0.25, -0.2) is 0 Å². The summed E-state index contributed by atoms with van der Waals surface area (Å²) in [5, 5.41) is 12.3. The van der Waals surface area contributed by atoms with Crippen LogP contribution < -0.4 is 0 Å². The van der Waals surface area contributed by atoms with Crippen molar-refractivity contribution in [3.05, 3.63) is 52.5 Å². The van der Waals surface area contributed by atoms with E-state index in [4.69, 9.17) is 4.74 Å². The minimum Gasteiger partial charge on any atom is -0.389 e. The Morgan fingerprint density at radius 1 is 1.30 bits per heavy atom. The van der Waals surface area contributed by atoms with Crippen molar-refractivity contribution < 1.29 is 9.84 Å². The lowest BCUT2D eigenvalue weighted by atomic mass is 10.1. The smallest absolute Gasteiger partial charge is 0.0900 e. The minimum atomic E-state index is -0.497. The Labute approximate surface area is 142 Å². The zero-order valence-electron chi connectivity index (χ0n) is 13.9. The average molecular weight is 334 g/mol. The third kappa shape index (κ3) is 6.03. The highest BCUT2D eigenvalue weighted by atomic mass is 32.1. The lowest BCUT2D eigenvalue weighted by Gasteiger charge is -2.29. The highest BCUT2D eigenvalue weighted by Crippen LogP contribution is 2.22. The van der Waals surface area contributed by atoms with Gasteiger partial charge in [0.05, 0.1) is 31.1 Å². The number of hydrogen-bond acceptors (Lipinski definition) is 5. The molecule has 0 spiro atoms. The summed E-state index contributed by atoms with van der Waals surface area (Å²) >= 11 is 1.67. The number of aliphatic hydroxyl groups excluding tert-OH is 1. The Bertz CT molecular complexity index is 533. The molecule has 0 aromatic carbocycles. The molecule has 2 heterocycles. The molecule has 126 valence electrons. The normalized spacial score (nSPS) is 14.1. The molecular weight excluding hydrogens is 308 g/mol. The average Bonchev–Trinajstić information content (AvgIpc) is 3.06. The third-order valence-corrected chi connectivity index (χ3v) is 4.61. The van der Waals surface area contributed by atoms with Gasteiger partial charge in [-0.1, -0.05) is 25.5 Å². The number of hydrogen-bond donors (Lipinski definition) is 1. The molecule has 2 aromatic rings. The highest BCUT2D eigenvalue weighted by molar-refractivity contribution is 7.09. The maximum absolute atomic E-state index is 10.2. The van der Waals surface area contributed by atoms with Gasteiger partial charge in [-0.2, -0.15) is 0 Å². The molecule has 0 radical (unpaired) electrons. The maximum atomic E-state index is 10.2. The van der Waals surface area contributed by atoms with Crippen LogP contribution in [0.1, 0.15) is 36.4 Å². The SMILES string of the molecule is CCC[C@@H](c1ccccn1)N(C)C[C@@H](O)COCc1cccs1. The second-order valence-corrected chi connectivity index (χ2v) is 6.78. The van der Waals surface area contributed by atoms with Gasteiger partial charge in [0.1, 0.15) is 0 Å². The van der Waals surface area contributed by atoms with Crippen molar-refractivity contribution in [2.75, 3.05) is 20.2 Å². The van der Waals surface area contributed by atoms with Crippen molar-refractivity contribution in [2.45, 2.75) is 38.5 Å². The van der Waals surface area contributed by atoms with Gasteiger partial charge in [-0.05, 0) is 37.0 Å². The second-order valence-electron chi connectivity index (χ2n) is 5.75. The number of thiophene rings is 1. The van der Waals surface area contributed by atoms with E-state index in [2.05, 4.69) is 22.9 Å². The Kier molecular flexibility index (Phi) is 7.68. The largest absolute Gasteiger partial charge is 0.389 e. The van der Waals surface area contributed by atoms with Gasteiger partial charge in [0.2, 0.25) is 0 Å². The summed E-state index contributed by atoms with van der Waals surface area (Å²) in [6, 6.07) is 10.3. The fourth-order valence-corrected chi connectivity index (χ4v) is 3.28. The Hall–Kier alpha value is -1.27. The zero-order valence-corrected chi connectivity index (χ0v) is 14.7. The predicted molar refractivity (Wildman–Crippen MR) is 94.5 cm³/mol. The van der Waals surface area contributed by atoms with Gasteiger partial charge in [-0.15, -0.1) is 11.3 Å². The quantitative estimate of drug-likeness (QED) is 0.722. The van der Waals surface area contributed by atoms with Crippen LogP contribution in [0.4, 0.5) is 0 Å². The summed E-state index contributed by atoms with van der Waals surface area (Å²) in [6.45, 7) is 3.66. The fraction of sp³-hybridized carbons (Fsp3) is 0.500. The van der Waals surface area contributed by atoms with Crippen molar-refractivity contribution in [3.63, 3.8) is 0 Å². The molecular formula is C18H26N2O2S. The lowest BCUT2D eigenvalue weighted by Crippen LogP contribution is -2.35. The van der Waals surface area contributed by atoms with Gasteiger partial charge in [0.25, 0.3) is 0 Å². The van der Waals surface area contributed by atoms with Crippen LogP contribution in [0.15, 0.2) is 41.9 Å². The summed E-state index contributed by atoms with van der Waals surface area (Å²) in [7, 11) is 2.04. The second kappa shape index (κ2) is 9.78. The molecule has 0 saturated heterocycles. The molecule has 0 unspecified atom stereocenters. The van der Waals surface area contributed by atoms with Crippen LogP contribution in [0.25, 0.3) is 0 Å². The van der Waals surface area contributed by atoms with Crippen molar-refractivity contribution in [3.8, 4) is 0 Å². The van der Waals surface area contributed by atoms with E-state index in [1.165, 1.54) is 4.88 Å². The summed E-state index contributed by atoms with van der Waals surface area (Å²) in [5.74, 6) is 0. The Morgan fingerprint density at radius 3 is 2.83 bits per heavy atom. The van der Waals surface area contributed by atoms with Crippen LogP contribution in [0.3, 0.4) is 0 Å². The number of aliphatic hydroxyl groups is 1. The van der Waals surface area contributed by atoms with E-state index >= 15 is 0 Å². The van der Waals surface area contributed by atoms with E-state index in [-0.39, 0.29) is 6.04 Å². The Balaban J connectivity index is 1.81. The topological polar surface area (TPSA) is 45.6 Å². The molecule has 0 bridgehead atoms. The number of aromatic nitrogens is 1. The van der Waals surface area contributed by atoms with Crippen molar-refractivity contribution >= 4 is 11.3 Å². The standard InChI is InChI=1S/C18H26N2O2S/c1-3-7-18(17-9-4-5-10-19-17)20(2)12-15(21)13-22-14-16-8-6-11-23-16/h4-6,8-11,15,18,21H,3,7,12-14H2,1-2H3/t15-,18+/m1/s1. The van der Waals surface area contributed by atoms with Crippen LogP contribution in [-0.2, 0) is 11.3 Å². The summed E-state index contributed by atoms with van der Waals surface area (Å²) in [4.78, 5) is 7.82. The van der Waals surface area contributed by atoms with Crippen LogP contribution in [0, 0.1) is 0 Å². The molecule has 5 heteroatoms. The van der Waals surface area contributed by atoms with E-state index in [0.29, 0.717) is 19.8 Å².